The summed E-state index contributed by atoms with van der Waals surface area (Å²) in [7, 11) is 3.97. The monoisotopic (exact) mass is 412 g/mol. The van der Waals surface area contributed by atoms with Crippen molar-refractivity contribution in [3.05, 3.63) is 63.2 Å². The fourth-order valence-electron chi connectivity index (χ4n) is 3.21. The smallest absolute Gasteiger partial charge is 0.270 e. The number of aromatic nitrogens is 1. The maximum absolute atomic E-state index is 13.3. The van der Waals surface area contributed by atoms with Gasteiger partial charge >= 0.3 is 0 Å². The molecule has 0 N–H and O–H groups in total. The first-order chi connectivity index (χ1) is 13.8. The molecule has 3 rings (SSSR count). The molecule has 29 heavy (non-hydrogen) atoms. The first kappa shape index (κ1) is 20.9. The van der Waals surface area contributed by atoms with Crippen molar-refractivity contribution in [1.82, 2.24) is 9.88 Å². The second-order valence-electron chi connectivity index (χ2n) is 7.35. The number of fused-ring (bicyclic) bond motifs is 1. The maximum Gasteiger partial charge on any atom is 0.270 e. The molecule has 0 saturated heterocycles. The molecule has 0 atom stereocenters. The molecule has 0 aliphatic heterocycles. The van der Waals surface area contributed by atoms with Crippen molar-refractivity contribution in [1.29, 1.82) is 0 Å². The molecule has 1 aromatic heterocycles. The van der Waals surface area contributed by atoms with E-state index in [1.807, 2.05) is 27.9 Å². The number of thiazole rings is 1. The average Bonchev–Trinajstić information content (AvgIpc) is 3.08. The van der Waals surface area contributed by atoms with Crippen molar-refractivity contribution < 1.29 is 9.72 Å². The summed E-state index contributed by atoms with van der Waals surface area (Å²) in [5.41, 5.74) is 3.30. The van der Waals surface area contributed by atoms with E-state index in [2.05, 4.69) is 17.0 Å². The average molecular weight is 413 g/mol. The molecule has 0 saturated carbocycles. The number of non-ortho nitro benzene ring substituents is 1. The zero-order chi connectivity index (χ0) is 21.1. The molecule has 0 aliphatic rings. The van der Waals surface area contributed by atoms with Gasteiger partial charge in [-0.15, -0.1) is 0 Å². The lowest BCUT2D eigenvalue weighted by Gasteiger charge is -2.21. The van der Waals surface area contributed by atoms with Crippen LogP contribution in [0.5, 0.6) is 0 Å². The van der Waals surface area contributed by atoms with Gasteiger partial charge in [0, 0.05) is 24.2 Å². The van der Waals surface area contributed by atoms with Crippen LogP contribution in [-0.2, 0) is 0 Å². The lowest BCUT2D eigenvalue weighted by molar-refractivity contribution is -0.384. The molecule has 2 aromatic carbocycles. The fraction of sp³-hybridized carbons (Fsp3) is 0.333. The Hall–Kier alpha value is -2.84. The summed E-state index contributed by atoms with van der Waals surface area (Å²) < 4.78 is 1.03. The van der Waals surface area contributed by atoms with Gasteiger partial charge in [0.1, 0.15) is 0 Å². The van der Waals surface area contributed by atoms with Gasteiger partial charge in [-0.1, -0.05) is 23.5 Å². The van der Waals surface area contributed by atoms with Crippen LogP contribution in [-0.4, -0.2) is 47.9 Å². The number of benzene rings is 2. The Balaban J connectivity index is 2.00. The van der Waals surface area contributed by atoms with E-state index in [0.717, 1.165) is 34.3 Å². The predicted molar refractivity (Wildman–Crippen MR) is 117 cm³/mol. The number of hydrogen-bond donors (Lipinski definition) is 0. The van der Waals surface area contributed by atoms with Crippen molar-refractivity contribution in [2.75, 3.05) is 32.1 Å². The maximum atomic E-state index is 13.3. The Labute approximate surface area is 173 Å². The zero-order valence-electron chi connectivity index (χ0n) is 17.0. The second kappa shape index (κ2) is 8.67. The van der Waals surface area contributed by atoms with Crippen molar-refractivity contribution in [3.8, 4) is 0 Å². The Morgan fingerprint density at radius 1 is 1.17 bits per heavy atom. The topological polar surface area (TPSA) is 79.6 Å². The summed E-state index contributed by atoms with van der Waals surface area (Å²) in [6.45, 7) is 5.35. The van der Waals surface area contributed by atoms with E-state index < -0.39 is 4.92 Å². The number of amides is 1. The number of nitrogens with zero attached hydrogens (tertiary/aromatic N) is 4. The highest BCUT2D eigenvalue weighted by molar-refractivity contribution is 7.22. The lowest BCUT2D eigenvalue weighted by Crippen LogP contribution is -2.33. The van der Waals surface area contributed by atoms with Gasteiger partial charge in [-0.2, -0.15) is 0 Å². The minimum atomic E-state index is -0.489. The van der Waals surface area contributed by atoms with Gasteiger partial charge in [-0.25, -0.2) is 4.98 Å². The van der Waals surface area contributed by atoms with Crippen molar-refractivity contribution in [3.63, 3.8) is 0 Å². The highest BCUT2D eigenvalue weighted by atomic mass is 32.1. The standard InChI is InChI=1S/C21H24N4O3S/c1-14-11-15(2)19-18(12-14)29-21(22-19)24(10-6-9-23(3)4)20(26)16-7-5-8-17(13-16)25(27)28/h5,7-8,11-13H,6,9-10H2,1-4H3. The Morgan fingerprint density at radius 3 is 2.62 bits per heavy atom. The summed E-state index contributed by atoms with van der Waals surface area (Å²) in [5.74, 6) is -0.277. The van der Waals surface area contributed by atoms with Crippen LogP contribution >= 0.6 is 11.3 Å². The van der Waals surface area contributed by atoms with Gasteiger partial charge < -0.3 is 4.90 Å². The molecule has 152 valence electrons. The number of carbonyl (C=O) groups is 1. The molecule has 0 fully saturated rings. The number of nitro benzene ring substituents is 1. The summed E-state index contributed by atoms with van der Waals surface area (Å²) >= 11 is 1.47. The van der Waals surface area contributed by atoms with E-state index in [1.165, 1.54) is 29.5 Å². The van der Waals surface area contributed by atoms with Crippen LogP contribution in [0, 0.1) is 24.0 Å². The van der Waals surface area contributed by atoms with E-state index in [0.29, 0.717) is 11.7 Å². The van der Waals surface area contributed by atoms with E-state index >= 15 is 0 Å². The van der Waals surface area contributed by atoms with E-state index in [1.54, 1.807) is 11.0 Å². The van der Waals surface area contributed by atoms with Gasteiger partial charge in [0.25, 0.3) is 11.6 Å². The third-order valence-electron chi connectivity index (χ3n) is 4.59. The highest BCUT2D eigenvalue weighted by Crippen LogP contribution is 2.32. The summed E-state index contributed by atoms with van der Waals surface area (Å²) in [4.78, 5) is 32.3. The molecule has 0 unspecified atom stereocenters. The number of nitro groups is 1. The van der Waals surface area contributed by atoms with Crippen LogP contribution in [0.15, 0.2) is 36.4 Å². The molecule has 0 aliphatic carbocycles. The molecule has 3 aromatic rings. The van der Waals surface area contributed by atoms with E-state index in [9.17, 15) is 14.9 Å². The molecule has 1 heterocycles. The van der Waals surface area contributed by atoms with Crippen LogP contribution in [0.1, 0.15) is 27.9 Å². The quantitative estimate of drug-likeness (QED) is 0.424. The lowest BCUT2D eigenvalue weighted by atomic mass is 10.1. The first-order valence-corrected chi connectivity index (χ1v) is 10.2. The minimum Gasteiger partial charge on any atom is -0.309 e. The number of aryl methyl sites for hydroxylation is 2. The Bertz CT molecular complexity index is 1060. The third kappa shape index (κ3) is 4.78. The third-order valence-corrected chi connectivity index (χ3v) is 5.61. The molecule has 0 bridgehead atoms. The summed E-state index contributed by atoms with van der Waals surface area (Å²) in [6, 6.07) is 10.00. The van der Waals surface area contributed by atoms with Gasteiger partial charge in [0.15, 0.2) is 5.13 Å². The Morgan fingerprint density at radius 2 is 1.93 bits per heavy atom. The van der Waals surface area contributed by atoms with Crippen LogP contribution in [0.2, 0.25) is 0 Å². The number of hydrogen-bond acceptors (Lipinski definition) is 6. The van der Waals surface area contributed by atoms with Crippen LogP contribution in [0.4, 0.5) is 10.8 Å². The number of anilines is 1. The minimum absolute atomic E-state index is 0.0974. The summed E-state index contributed by atoms with van der Waals surface area (Å²) in [6.07, 6.45) is 0.765. The van der Waals surface area contributed by atoms with E-state index in [-0.39, 0.29) is 17.2 Å². The van der Waals surface area contributed by atoms with Gasteiger partial charge in [-0.3, -0.25) is 19.8 Å². The highest BCUT2D eigenvalue weighted by Gasteiger charge is 2.23. The van der Waals surface area contributed by atoms with Crippen molar-refractivity contribution >= 4 is 38.3 Å². The van der Waals surface area contributed by atoms with Crippen molar-refractivity contribution in [2.24, 2.45) is 0 Å². The van der Waals surface area contributed by atoms with Crippen LogP contribution in [0.25, 0.3) is 10.2 Å². The second-order valence-corrected chi connectivity index (χ2v) is 8.36. The normalized spacial score (nSPS) is 11.2. The van der Waals surface area contributed by atoms with Crippen LogP contribution < -0.4 is 4.90 Å². The first-order valence-electron chi connectivity index (χ1n) is 9.35. The fourth-order valence-corrected chi connectivity index (χ4v) is 4.38. The van der Waals surface area contributed by atoms with Gasteiger partial charge in [-0.05, 0) is 64.2 Å². The SMILES string of the molecule is Cc1cc(C)c2nc(N(CCCN(C)C)C(=O)c3cccc([N+](=O)[O-])c3)sc2c1. The number of rotatable bonds is 7. The molecule has 0 radical (unpaired) electrons. The molecule has 7 nitrogen and oxygen atoms in total. The zero-order valence-corrected chi connectivity index (χ0v) is 17.8. The Kier molecular flexibility index (Phi) is 6.24. The van der Waals surface area contributed by atoms with Crippen molar-refractivity contribution in [2.45, 2.75) is 20.3 Å². The molecule has 8 heteroatoms. The van der Waals surface area contributed by atoms with Gasteiger partial charge in [0.2, 0.25) is 0 Å². The molecular weight excluding hydrogens is 388 g/mol. The van der Waals surface area contributed by atoms with Crippen LogP contribution in [0.3, 0.4) is 0 Å². The van der Waals surface area contributed by atoms with Gasteiger partial charge in [0.05, 0.1) is 15.1 Å². The van der Waals surface area contributed by atoms with E-state index in [4.69, 9.17) is 4.98 Å². The molecule has 1 amide bonds. The predicted octanol–water partition coefficient (Wildman–Crippen LogP) is 4.42. The molecule has 0 spiro atoms. The number of carbonyl (C=O) groups excluding carboxylic acids is 1. The summed E-state index contributed by atoms with van der Waals surface area (Å²) in [5, 5.41) is 11.7. The largest absolute Gasteiger partial charge is 0.309 e. The molecular formula is C21H24N4O3S.